The van der Waals surface area contributed by atoms with E-state index in [-0.39, 0.29) is 5.92 Å². The summed E-state index contributed by atoms with van der Waals surface area (Å²) in [7, 11) is 0. The Labute approximate surface area is 158 Å². The minimum Gasteiger partial charge on any atom is -0.481 e. The van der Waals surface area contributed by atoms with Crippen LogP contribution in [0.4, 0.5) is 11.4 Å². The van der Waals surface area contributed by atoms with E-state index in [4.69, 9.17) is 0 Å². The summed E-state index contributed by atoms with van der Waals surface area (Å²) in [5.41, 5.74) is 2.55. The van der Waals surface area contributed by atoms with Crippen LogP contribution in [0.3, 0.4) is 0 Å². The first kappa shape index (κ1) is 17.4. The highest BCUT2D eigenvalue weighted by Gasteiger charge is 2.26. The SMILES string of the molecule is O=C(O)C1CCCN(CCCN2c3ccccc3Sc3ccccc32)C1. The molecule has 136 valence electrons. The van der Waals surface area contributed by atoms with Crippen LogP contribution in [0.2, 0.25) is 0 Å². The van der Waals surface area contributed by atoms with E-state index in [0.29, 0.717) is 6.54 Å². The van der Waals surface area contributed by atoms with Gasteiger partial charge in [-0.1, -0.05) is 36.0 Å². The van der Waals surface area contributed by atoms with Crippen LogP contribution in [0, 0.1) is 5.92 Å². The van der Waals surface area contributed by atoms with Crippen molar-refractivity contribution in [1.82, 2.24) is 4.90 Å². The molecule has 1 fully saturated rings. The molecule has 0 bridgehead atoms. The summed E-state index contributed by atoms with van der Waals surface area (Å²) >= 11 is 1.83. The van der Waals surface area contributed by atoms with Gasteiger partial charge >= 0.3 is 5.97 Å². The molecule has 0 amide bonds. The van der Waals surface area contributed by atoms with Crippen molar-refractivity contribution in [3.63, 3.8) is 0 Å². The molecule has 4 rings (SSSR count). The lowest BCUT2D eigenvalue weighted by Crippen LogP contribution is -2.39. The Hall–Kier alpha value is -1.98. The molecule has 2 aromatic carbocycles. The van der Waals surface area contributed by atoms with Crippen molar-refractivity contribution in [2.45, 2.75) is 29.1 Å². The Morgan fingerprint density at radius 3 is 2.35 bits per heavy atom. The van der Waals surface area contributed by atoms with Crippen molar-refractivity contribution >= 4 is 29.1 Å². The number of nitrogens with zero attached hydrogens (tertiary/aromatic N) is 2. The van der Waals surface area contributed by atoms with Crippen molar-refractivity contribution in [3.8, 4) is 0 Å². The van der Waals surface area contributed by atoms with Gasteiger partial charge in [0.2, 0.25) is 0 Å². The van der Waals surface area contributed by atoms with Gasteiger partial charge in [-0.05, 0) is 56.6 Å². The molecule has 2 aliphatic rings. The molecule has 0 aliphatic carbocycles. The third-order valence-electron chi connectivity index (χ3n) is 5.24. The maximum Gasteiger partial charge on any atom is 0.307 e. The summed E-state index contributed by atoms with van der Waals surface area (Å²) < 4.78 is 0. The lowest BCUT2D eigenvalue weighted by Gasteiger charge is -2.34. The van der Waals surface area contributed by atoms with Gasteiger partial charge in [0.05, 0.1) is 17.3 Å². The molecule has 2 aliphatic heterocycles. The highest BCUT2D eigenvalue weighted by atomic mass is 32.2. The summed E-state index contributed by atoms with van der Waals surface area (Å²) in [4.78, 5) is 18.6. The van der Waals surface area contributed by atoms with E-state index in [1.54, 1.807) is 0 Å². The van der Waals surface area contributed by atoms with Crippen LogP contribution in [0.25, 0.3) is 0 Å². The third kappa shape index (κ3) is 3.60. The monoisotopic (exact) mass is 368 g/mol. The van der Waals surface area contributed by atoms with E-state index in [2.05, 4.69) is 58.3 Å². The summed E-state index contributed by atoms with van der Waals surface area (Å²) in [6, 6.07) is 17.1. The van der Waals surface area contributed by atoms with Crippen LogP contribution >= 0.6 is 11.8 Å². The molecule has 0 aromatic heterocycles. The van der Waals surface area contributed by atoms with E-state index in [1.807, 2.05) is 11.8 Å². The van der Waals surface area contributed by atoms with Crippen molar-refractivity contribution < 1.29 is 9.90 Å². The topological polar surface area (TPSA) is 43.8 Å². The summed E-state index contributed by atoms with van der Waals surface area (Å²) in [5, 5.41) is 9.27. The number of hydrogen-bond donors (Lipinski definition) is 1. The number of hydrogen-bond acceptors (Lipinski definition) is 4. The van der Waals surface area contributed by atoms with E-state index in [9.17, 15) is 9.90 Å². The maximum absolute atomic E-state index is 11.3. The second kappa shape index (κ2) is 7.72. The zero-order valence-electron chi connectivity index (χ0n) is 14.8. The molecule has 1 atom stereocenters. The molecule has 2 heterocycles. The van der Waals surface area contributed by atoms with Gasteiger partial charge in [-0.15, -0.1) is 0 Å². The number of anilines is 2. The zero-order valence-corrected chi connectivity index (χ0v) is 15.6. The quantitative estimate of drug-likeness (QED) is 0.843. The van der Waals surface area contributed by atoms with Crippen LogP contribution in [-0.4, -0.2) is 42.2 Å². The van der Waals surface area contributed by atoms with Crippen molar-refractivity contribution in [1.29, 1.82) is 0 Å². The molecular formula is C21H24N2O2S. The number of aliphatic carboxylic acids is 1. The number of para-hydroxylation sites is 2. The van der Waals surface area contributed by atoms with Crippen LogP contribution in [0.1, 0.15) is 19.3 Å². The van der Waals surface area contributed by atoms with Gasteiger partial charge in [-0.2, -0.15) is 0 Å². The number of carbonyl (C=O) groups is 1. The second-order valence-electron chi connectivity index (χ2n) is 7.02. The number of fused-ring (bicyclic) bond motifs is 2. The molecule has 2 aromatic rings. The van der Waals surface area contributed by atoms with Gasteiger partial charge in [-0.25, -0.2) is 0 Å². The number of benzene rings is 2. The number of rotatable bonds is 5. The molecule has 1 N–H and O–H groups in total. The predicted molar refractivity (Wildman–Crippen MR) is 105 cm³/mol. The number of carboxylic acids is 1. The molecule has 0 radical (unpaired) electrons. The van der Waals surface area contributed by atoms with E-state index < -0.39 is 5.97 Å². The molecule has 26 heavy (non-hydrogen) atoms. The maximum atomic E-state index is 11.3. The van der Waals surface area contributed by atoms with Gasteiger partial charge in [0, 0.05) is 22.9 Å². The van der Waals surface area contributed by atoms with Gasteiger partial charge in [0.1, 0.15) is 0 Å². The second-order valence-corrected chi connectivity index (χ2v) is 8.10. The van der Waals surface area contributed by atoms with Crippen LogP contribution in [-0.2, 0) is 4.79 Å². The standard InChI is InChI=1S/C21H24N2O2S/c24-21(25)16-7-5-12-22(15-16)13-6-14-23-17-8-1-3-10-19(17)26-20-11-4-2-9-18(20)23/h1-4,8-11,16H,5-7,12-15H2,(H,24,25). The van der Waals surface area contributed by atoms with Crippen molar-refractivity contribution in [3.05, 3.63) is 48.5 Å². The third-order valence-corrected chi connectivity index (χ3v) is 6.37. The van der Waals surface area contributed by atoms with Gasteiger partial charge < -0.3 is 14.9 Å². The average molecular weight is 369 g/mol. The molecular weight excluding hydrogens is 344 g/mol. The largest absolute Gasteiger partial charge is 0.481 e. The molecule has 5 heteroatoms. The first-order valence-corrected chi connectivity index (χ1v) is 10.1. The Kier molecular flexibility index (Phi) is 5.18. The van der Waals surface area contributed by atoms with Crippen molar-refractivity contribution in [2.75, 3.05) is 31.1 Å². The first-order valence-electron chi connectivity index (χ1n) is 9.31. The fourth-order valence-electron chi connectivity index (χ4n) is 3.93. The lowest BCUT2D eigenvalue weighted by molar-refractivity contribution is -0.143. The fraction of sp³-hybridized carbons (Fsp3) is 0.381. The minimum absolute atomic E-state index is 0.198. The van der Waals surface area contributed by atoms with Crippen LogP contribution < -0.4 is 4.90 Å². The van der Waals surface area contributed by atoms with Crippen molar-refractivity contribution in [2.24, 2.45) is 5.92 Å². The van der Waals surface area contributed by atoms with Gasteiger partial charge in [-0.3, -0.25) is 4.79 Å². The number of carboxylic acid groups (broad SMARTS) is 1. The Balaban J connectivity index is 1.44. The molecule has 1 unspecified atom stereocenters. The normalized spacial score (nSPS) is 19.7. The molecule has 1 saturated heterocycles. The summed E-state index contributed by atoms with van der Waals surface area (Å²) in [6.07, 6.45) is 2.83. The van der Waals surface area contributed by atoms with Crippen LogP contribution in [0.15, 0.2) is 58.3 Å². The van der Waals surface area contributed by atoms with E-state index in [1.165, 1.54) is 21.2 Å². The lowest BCUT2D eigenvalue weighted by atomic mass is 9.98. The van der Waals surface area contributed by atoms with Gasteiger partial charge in [0.25, 0.3) is 0 Å². The van der Waals surface area contributed by atoms with E-state index >= 15 is 0 Å². The zero-order chi connectivity index (χ0) is 17.9. The predicted octanol–water partition coefficient (Wildman–Crippen LogP) is 4.48. The van der Waals surface area contributed by atoms with E-state index in [0.717, 1.165) is 38.9 Å². The smallest absolute Gasteiger partial charge is 0.307 e. The molecule has 0 spiro atoms. The Morgan fingerprint density at radius 2 is 1.69 bits per heavy atom. The fourth-order valence-corrected chi connectivity index (χ4v) is 5.03. The molecule has 0 saturated carbocycles. The molecule has 4 nitrogen and oxygen atoms in total. The highest BCUT2D eigenvalue weighted by molar-refractivity contribution is 7.99. The Morgan fingerprint density at radius 1 is 1.04 bits per heavy atom. The van der Waals surface area contributed by atoms with Gasteiger partial charge in [0.15, 0.2) is 0 Å². The summed E-state index contributed by atoms with van der Waals surface area (Å²) in [5.74, 6) is -0.845. The highest BCUT2D eigenvalue weighted by Crippen LogP contribution is 2.47. The Bertz CT molecular complexity index is 750. The number of likely N-dealkylation sites (tertiary alicyclic amines) is 1. The minimum atomic E-state index is -0.648. The van der Waals surface area contributed by atoms with Crippen LogP contribution in [0.5, 0.6) is 0 Å². The average Bonchev–Trinajstić information content (AvgIpc) is 2.67. The number of piperidine rings is 1. The first-order chi connectivity index (χ1) is 12.7. The summed E-state index contributed by atoms with van der Waals surface area (Å²) in [6.45, 7) is 3.62.